The average Bonchev–Trinajstić information content (AvgIpc) is 2.01. The normalized spacial score (nSPS) is 12.2. The summed E-state index contributed by atoms with van der Waals surface area (Å²) in [6, 6.07) is 0. The molecule has 1 rings (SSSR count). The lowest BCUT2D eigenvalue weighted by Gasteiger charge is -2.26. The van der Waals surface area contributed by atoms with Crippen molar-refractivity contribution >= 4 is 0 Å². The third kappa shape index (κ3) is 2.14. The highest BCUT2D eigenvalue weighted by Crippen LogP contribution is 2.32. The fourth-order valence-corrected chi connectivity index (χ4v) is 2.05. The van der Waals surface area contributed by atoms with Gasteiger partial charge in [-0.3, -0.25) is 4.98 Å². The Hall–Kier alpha value is -0.850. The van der Waals surface area contributed by atoms with Crippen LogP contribution in [0.3, 0.4) is 0 Å². The van der Waals surface area contributed by atoms with Gasteiger partial charge in [0.25, 0.3) is 0 Å². The van der Waals surface area contributed by atoms with Crippen LogP contribution in [-0.2, 0) is 5.41 Å². The van der Waals surface area contributed by atoms with Crippen molar-refractivity contribution in [2.24, 2.45) is 0 Å². The second kappa shape index (κ2) is 3.72. The molecule has 0 saturated carbocycles. The van der Waals surface area contributed by atoms with E-state index in [1.165, 1.54) is 16.7 Å². The van der Waals surface area contributed by atoms with Gasteiger partial charge in [-0.1, -0.05) is 34.6 Å². The highest BCUT2D eigenvalue weighted by atomic mass is 14.6. The molecule has 1 heterocycles. The van der Waals surface area contributed by atoms with E-state index < -0.39 is 0 Å². The maximum Gasteiger partial charge on any atom is 0.0305 e. The van der Waals surface area contributed by atoms with Crippen LogP contribution in [-0.4, -0.2) is 4.98 Å². The van der Waals surface area contributed by atoms with Crippen LogP contribution in [0.25, 0.3) is 0 Å². The predicted molar refractivity (Wildman–Crippen MR) is 61.8 cm³/mol. The van der Waals surface area contributed by atoms with Crippen LogP contribution in [0.4, 0.5) is 0 Å². The molecular weight excluding hydrogens is 170 g/mol. The van der Waals surface area contributed by atoms with Crippen LogP contribution in [0.1, 0.15) is 57.2 Å². The molecular formula is C13H21N. The summed E-state index contributed by atoms with van der Waals surface area (Å²) in [6.45, 7) is 13.4. The van der Waals surface area contributed by atoms with E-state index in [1.807, 2.05) is 12.4 Å². The van der Waals surface area contributed by atoms with Gasteiger partial charge in [-0.05, 0) is 34.9 Å². The van der Waals surface area contributed by atoms with E-state index in [-0.39, 0.29) is 5.41 Å². The SMILES string of the molecule is Cc1cncc(C(C)C)c1C(C)(C)C. The number of hydrogen-bond donors (Lipinski definition) is 0. The molecule has 0 aromatic carbocycles. The monoisotopic (exact) mass is 191 g/mol. The molecule has 0 bridgehead atoms. The number of aryl methyl sites for hydroxylation is 1. The molecule has 14 heavy (non-hydrogen) atoms. The Kier molecular flexibility index (Phi) is 2.98. The fourth-order valence-electron chi connectivity index (χ4n) is 2.05. The van der Waals surface area contributed by atoms with Crippen LogP contribution in [0.15, 0.2) is 12.4 Å². The molecule has 0 saturated heterocycles. The van der Waals surface area contributed by atoms with E-state index in [0.717, 1.165) is 0 Å². The first-order valence-corrected chi connectivity index (χ1v) is 5.29. The number of pyridine rings is 1. The van der Waals surface area contributed by atoms with E-state index in [4.69, 9.17) is 0 Å². The summed E-state index contributed by atoms with van der Waals surface area (Å²) >= 11 is 0. The van der Waals surface area contributed by atoms with Gasteiger partial charge in [-0.2, -0.15) is 0 Å². The molecule has 0 fully saturated rings. The molecule has 1 heteroatoms. The van der Waals surface area contributed by atoms with E-state index >= 15 is 0 Å². The predicted octanol–water partition coefficient (Wildman–Crippen LogP) is 3.81. The second-order valence-electron chi connectivity index (χ2n) is 5.33. The van der Waals surface area contributed by atoms with Gasteiger partial charge in [0, 0.05) is 12.4 Å². The molecule has 1 aromatic heterocycles. The van der Waals surface area contributed by atoms with Gasteiger partial charge in [0.05, 0.1) is 0 Å². The molecule has 0 aliphatic rings. The molecule has 0 radical (unpaired) electrons. The quantitative estimate of drug-likeness (QED) is 0.657. The lowest BCUT2D eigenvalue weighted by atomic mass is 9.79. The van der Waals surface area contributed by atoms with Crippen LogP contribution in [0.5, 0.6) is 0 Å². The van der Waals surface area contributed by atoms with E-state index in [0.29, 0.717) is 5.92 Å². The molecule has 1 aromatic rings. The van der Waals surface area contributed by atoms with Crippen LogP contribution in [0.2, 0.25) is 0 Å². The van der Waals surface area contributed by atoms with Gasteiger partial charge in [0.2, 0.25) is 0 Å². The van der Waals surface area contributed by atoms with Gasteiger partial charge in [-0.25, -0.2) is 0 Å². The Morgan fingerprint density at radius 3 is 2.07 bits per heavy atom. The highest BCUT2D eigenvalue weighted by molar-refractivity contribution is 5.38. The third-order valence-electron chi connectivity index (χ3n) is 2.54. The molecule has 0 N–H and O–H groups in total. The summed E-state index contributed by atoms with van der Waals surface area (Å²) in [6.07, 6.45) is 3.98. The lowest BCUT2D eigenvalue weighted by Crippen LogP contribution is -2.17. The van der Waals surface area contributed by atoms with Gasteiger partial charge in [-0.15, -0.1) is 0 Å². The first kappa shape index (κ1) is 11.2. The number of nitrogens with zero attached hydrogens (tertiary/aromatic N) is 1. The Morgan fingerprint density at radius 2 is 1.71 bits per heavy atom. The first-order chi connectivity index (χ1) is 6.34. The standard InChI is InChI=1S/C13H21N/c1-9(2)11-8-14-7-10(3)12(11)13(4,5)6/h7-9H,1-6H3. The van der Waals surface area contributed by atoms with Gasteiger partial charge < -0.3 is 0 Å². The molecule has 0 atom stereocenters. The Balaban J connectivity index is 3.38. The molecule has 1 nitrogen and oxygen atoms in total. The largest absolute Gasteiger partial charge is 0.264 e. The summed E-state index contributed by atoms with van der Waals surface area (Å²) in [5.41, 5.74) is 4.37. The molecule has 0 unspecified atom stereocenters. The maximum atomic E-state index is 4.28. The Bertz CT molecular complexity index is 318. The minimum Gasteiger partial charge on any atom is -0.264 e. The highest BCUT2D eigenvalue weighted by Gasteiger charge is 2.21. The first-order valence-electron chi connectivity index (χ1n) is 5.29. The molecule has 0 aliphatic heterocycles. The van der Waals surface area contributed by atoms with Crippen molar-refractivity contribution in [2.45, 2.75) is 52.9 Å². The molecule has 78 valence electrons. The van der Waals surface area contributed by atoms with Crippen LogP contribution in [0, 0.1) is 6.92 Å². The zero-order chi connectivity index (χ0) is 10.9. The van der Waals surface area contributed by atoms with Gasteiger partial charge in [0.15, 0.2) is 0 Å². The second-order valence-corrected chi connectivity index (χ2v) is 5.33. The van der Waals surface area contributed by atoms with Crippen LogP contribution < -0.4 is 0 Å². The fraction of sp³-hybridized carbons (Fsp3) is 0.615. The summed E-state index contributed by atoms with van der Waals surface area (Å²) in [7, 11) is 0. The number of aromatic nitrogens is 1. The van der Waals surface area contributed by atoms with Gasteiger partial charge >= 0.3 is 0 Å². The number of rotatable bonds is 1. The van der Waals surface area contributed by atoms with E-state index in [9.17, 15) is 0 Å². The lowest BCUT2D eigenvalue weighted by molar-refractivity contribution is 0.571. The van der Waals surface area contributed by atoms with Crippen molar-refractivity contribution in [1.29, 1.82) is 0 Å². The minimum absolute atomic E-state index is 0.215. The molecule has 0 spiro atoms. The van der Waals surface area contributed by atoms with E-state index in [1.54, 1.807) is 0 Å². The van der Waals surface area contributed by atoms with E-state index in [2.05, 4.69) is 46.5 Å². The zero-order valence-electron chi connectivity index (χ0n) is 10.2. The summed E-state index contributed by atoms with van der Waals surface area (Å²) < 4.78 is 0. The zero-order valence-corrected chi connectivity index (χ0v) is 10.2. The number of hydrogen-bond acceptors (Lipinski definition) is 1. The van der Waals surface area contributed by atoms with Crippen molar-refractivity contribution in [3.8, 4) is 0 Å². The summed E-state index contributed by atoms with van der Waals surface area (Å²) in [5, 5.41) is 0. The summed E-state index contributed by atoms with van der Waals surface area (Å²) in [5.74, 6) is 0.552. The van der Waals surface area contributed by atoms with Crippen molar-refractivity contribution in [3.05, 3.63) is 29.1 Å². The van der Waals surface area contributed by atoms with Crippen molar-refractivity contribution in [1.82, 2.24) is 4.98 Å². The topological polar surface area (TPSA) is 12.9 Å². The summed E-state index contributed by atoms with van der Waals surface area (Å²) in [4.78, 5) is 4.28. The Morgan fingerprint density at radius 1 is 1.14 bits per heavy atom. The Labute approximate surface area is 87.6 Å². The maximum absolute atomic E-state index is 4.28. The average molecular weight is 191 g/mol. The molecule has 0 aliphatic carbocycles. The van der Waals surface area contributed by atoms with Gasteiger partial charge in [0.1, 0.15) is 0 Å². The van der Waals surface area contributed by atoms with Crippen molar-refractivity contribution < 1.29 is 0 Å². The minimum atomic E-state index is 0.215. The smallest absolute Gasteiger partial charge is 0.0305 e. The van der Waals surface area contributed by atoms with Crippen LogP contribution >= 0.6 is 0 Å². The third-order valence-corrected chi connectivity index (χ3v) is 2.54. The van der Waals surface area contributed by atoms with Crippen molar-refractivity contribution in [3.63, 3.8) is 0 Å². The van der Waals surface area contributed by atoms with Crippen molar-refractivity contribution in [2.75, 3.05) is 0 Å². The molecule has 0 amide bonds.